The molecule has 0 radical (unpaired) electrons. The van der Waals surface area contributed by atoms with E-state index in [9.17, 15) is 4.79 Å². The van der Waals surface area contributed by atoms with Crippen LogP contribution >= 0.6 is 15.9 Å². The minimum Gasteiger partial charge on any atom is -0.457 e. The molecule has 0 amide bonds. The maximum atomic E-state index is 10.3. The zero-order valence-electron chi connectivity index (χ0n) is 6.61. The van der Waals surface area contributed by atoms with Gasteiger partial charge in [-0.05, 0) is 11.8 Å². The van der Waals surface area contributed by atoms with Gasteiger partial charge in [0.15, 0.2) is 0 Å². The van der Waals surface area contributed by atoms with E-state index in [1.54, 1.807) is 0 Å². The Labute approximate surface area is 70.1 Å². The average molecular weight is 209 g/mol. The van der Waals surface area contributed by atoms with Crippen molar-refractivity contribution in [3.8, 4) is 0 Å². The molecule has 0 N–H and O–H groups in total. The lowest BCUT2D eigenvalue weighted by molar-refractivity contribution is 0.119. The molecule has 0 unspecified atom stereocenters. The fraction of sp³-hybridized carbons (Fsp3) is 0.857. The second-order valence-corrected chi connectivity index (χ2v) is 3.69. The zero-order chi connectivity index (χ0) is 8.20. The number of halogens is 1. The third-order valence-electron chi connectivity index (χ3n) is 1.53. The predicted molar refractivity (Wildman–Crippen MR) is 44.3 cm³/mol. The third-order valence-corrected chi connectivity index (χ3v) is 1.76. The van der Waals surface area contributed by atoms with Crippen LogP contribution in [0.25, 0.3) is 0 Å². The molecule has 0 aliphatic rings. The highest BCUT2D eigenvalue weighted by Gasteiger charge is 2.16. The quantitative estimate of drug-likeness (QED) is 0.668. The molecule has 2 nitrogen and oxygen atoms in total. The molecule has 0 aromatic carbocycles. The molecular formula is C7H13BrO2. The Hall–Kier alpha value is -0.0500. The van der Waals surface area contributed by atoms with E-state index in [4.69, 9.17) is 4.74 Å². The summed E-state index contributed by atoms with van der Waals surface area (Å²) >= 11 is 2.70. The van der Waals surface area contributed by atoms with Crippen molar-refractivity contribution in [1.82, 2.24) is 0 Å². The van der Waals surface area contributed by atoms with E-state index in [1.165, 1.54) is 0 Å². The second kappa shape index (κ2) is 3.96. The second-order valence-electron chi connectivity index (χ2n) is 3.04. The van der Waals surface area contributed by atoms with Crippen molar-refractivity contribution in [3.63, 3.8) is 0 Å². The summed E-state index contributed by atoms with van der Waals surface area (Å²) in [4.78, 5) is 9.92. The average Bonchev–Trinajstić information content (AvgIpc) is 1.85. The van der Waals surface area contributed by atoms with Gasteiger partial charge in [-0.25, -0.2) is 4.79 Å². The maximum Gasteiger partial charge on any atom is 0.374 e. The summed E-state index contributed by atoms with van der Waals surface area (Å²) < 4.78 is 4.78. The lowest BCUT2D eigenvalue weighted by atomic mass is 9.92. The van der Waals surface area contributed by atoms with Crippen LogP contribution < -0.4 is 0 Å². The van der Waals surface area contributed by atoms with Crippen LogP contribution in [0.15, 0.2) is 0 Å². The van der Waals surface area contributed by atoms with Gasteiger partial charge in [0.2, 0.25) is 0 Å². The number of carbonyl (C=O) groups is 1. The van der Waals surface area contributed by atoms with Gasteiger partial charge < -0.3 is 4.74 Å². The molecule has 10 heavy (non-hydrogen) atoms. The molecule has 0 bridgehead atoms. The van der Waals surface area contributed by atoms with Gasteiger partial charge in [0.25, 0.3) is 0 Å². The van der Waals surface area contributed by atoms with Gasteiger partial charge in [-0.3, -0.25) is 0 Å². The smallest absolute Gasteiger partial charge is 0.374 e. The first-order valence-corrected chi connectivity index (χ1v) is 4.09. The van der Waals surface area contributed by atoms with Crippen molar-refractivity contribution in [1.29, 1.82) is 0 Å². The highest BCUT2D eigenvalue weighted by atomic mass is 79.9. The number of rotatable bonds is 3. The van der Waals surface area contributed by atoms with Crippen LogP contribution in [0.5, 0.6) is 0 Å². The highest BCUT2D eigenvalue weighted by Crippen LogP contribution is 2.19. The molecular weight excluding hydrogens is 196 g/mol. The van der Waals surface area contributed by atoms with Crippen LogP contribution in [0.3, 0.4) is 0 Å². The van der Waals surface area contributed by atoms with Gasteiger partial charge in [-0.15, -0.1) is 0 Å². The maximum absolute atomic E-state index is 10.3. The van der Waals surface area contributed by atoms with Gasteiger partial charge in [0.1, 0.15) is 0 Å². The van der Waals surface area contributed by atoms with E-state index < -0.39 is 0 Å². The van der Waals surface area contributed by atoms with Crippen molar-refractivity contribution < 1.29 is 9.53 Å². The van der Waals surface area contributed by atoms with E-state index in [-0.39, 0.29) is 10.3 Å². The summed E-state index contributed by atoms with van der Waals surface area (Å²) in [6.45, 7) is 6.67. The Morgan fingerprint density at radius 2 is 2.10 bits per heavy atom. The van der Waals surface area contributed by atoms with E-state index in [2.05, 4.69) is 36.7 Å². The minimum absolute atomic E-state index is 0.101. The Morgan fingerprint density at radius 1 is 1.60 bits per heavy atom. The third kappa shape index (κ3) is 4.79. The van der Waals surface area contributed by atoms with Crippen molar-refractivity contribution in [2.75, 3.05) is 6.61 Å². The molecule has 0 aliphatic carbocycles. The molecule has 0 saturated heterocycles. The number of carbonyl (C=O) groups excluding carboxylic acids is 1. The van der Waals surface area contributed by atoms with Gasteiger partial charge in [0.05, 0.1) is 6.61 Å². The summed E-state index contributed by atoms with van der Waals surface area (Å²) in [5.74, 6) is 0. The van der Waals surface area contributed by atoms with Crippen molar-refractivity contribution in [2.24, 2.45) is 5.41 Å². The highest BCUT2D eigenvalue weighted by molar-refractivity contribution is 9.18. The standard InChI is InChI=1S/C7H13BrO2/c1-4-7(2,3)5-10-6(8)9/h4-5H2,1-3H3. The van der Waals surface area contributed by atoms with Crippen LogP contribution in [-0.2, 0) is 4.74 Å². The fourth-order valence-electron chi connectivity index (χ4n) is 0.354. The number of hydrogen-bond acceptors (Lipinski definition) is 2. The largest absolute Gasteiger partial charge is 0.457 e. The molecule has 0 atom stereocenters. The van der Waals surface area contributed by atoms with E-state index in [0.717, 1.165) is 6.42 Å². The van der Waals surface area contributed by atoms with Crippen LogP contribution in [0.4, 0.5) is 4.79 Å². The molecule has 0 fully saturated rings. The van der Waals surface area contributed by atoms with Gasteiger partial charge in [0, 0.05) is 15.9 Å². The van der Waals surface area contributed by atoms with E-state index in [1.807, 2.05) is 0 Å². The Balaban J connectivity index is 3.56. The fourth-order valence-corrected chi connectivity index (χ4v) is 0.469. The van der Waals surface area contributed by atoms with Gasteiger partial charge in [-0.2, -0.15) is 0 Å². The molecule has 0 heterocycles. The van der Waals surface area contributed by atoms with Crippen LogP contribution in [0.2, 0.25) is 0 Å². The van der Waals surface area contributed by atoms with Gasteiger partial charge in [-0.1, -0.05) is 20.8 Å². The summed E-state index contributed by atoms with van der Waals surface area (Å²) in [6.07, 6.45) is 1.01. The normalized spacial score (nSPS) is 11.2. The van der Waals surface area contributed by atoms with Crippen LogP contribution in [-0.4, -0.2) is 11.5 Å². The predicted octanol–water partition coefficient (Wildman–Crippen LogP) is 2.95. The molecule has 0 aromatic rings. The van der Waals surface area contributed by atoms with E-state index >= 15 is 0 Å². The lowest BCUT2D eigenvalue weighted by Gasteiger charge is -2.20. The Bertz CT molecular complexity index is 121. The lowest BCUT2D eigenvalue weighted by Crippen LogP contribution is -2.18. The first kappa shape index (κ1) is 9.95. The number of hydrogen-bond donors (Lipinski definition) is 0. The summed E-state index contributed by atoms with van der Waals surface area (Å²) in [6, 6.07) is 0. The molecule has 0 aliphatic heterocycles. The SMILES string of the molecule is CCC(C)(C)COC(=O)Br. The van der Waals surface area contributed by atoms with E-state index in [0.29, 0.717) is 6.61 Å². The minimum atomic E-state index is -0.381. The van der Waals surface area contributed by atoms with Crippen molar-refractivity contribution in [3.05, 3.63) is 0 Å². The van der Waals surface area contributed by atoms with Gasteiger partial charge >= 0.3 is 4.88 Å². The monoisotopic (exact) mass is 208 g/mol. The van der Waals surface area contributed by atoms with Crippen molar-refractivity contribution >= 4 is 20.8 Å². The number of ether oxygens (including phenoxy) is 1. The first-order chi connectivity index (χ1) is 4.48. The van der Waals surface area contributed by atoms with Crippen LogP contribution in [0, 0.1) is 5.41 Å². The molecule has 0 aromatic heterocycles. The summed E-state index contributed by atoms with van der Waals surface area (Å²) in [5.41, 5.74) is 0.101. The molecule has 0 rings (SSSR count). The summed E-state index contributed by atoms with van der Waals surface area (Å²) in [7, 11) is 0. The summed E-state index contributed by atoms with van der Waals surface area (Å²) in [5, 5.41) is 0. The molecule has 3 heteroatoms. The molecule has 0 spiro atoms. The Morgan fingerprint density at radius 3 is 2.40 bits per heavy atom. The Kier molecular flexibility index (Phi) is 3.94. The topological polar surface area (TPSA) is 26.3 Å². The van der Waals surface area contributed by atoms with Crippen LogP contribution in [0.1, 0.15) is 27.2 Å². The van der Waals surface area contributed by atoms with Crippen molar-refractivity contribution in [2.45, 2.75) is 27.2 Å². The first-order valence-electron chi connectivity index (χ1n) is 3.30. The molecule has 0 saturated carbocycles. The zero-order valence-corrected chi connectivity index (χ0v) is 8.19. The molecule has 60 valence electrons.